The Morgan fingerprint density at radius 3 is 2.24 bits per heavy atom. The standard InChI is InChI=1S/C28H21Cl/c29-28-26-19-23-14-8-7-13-22(23)17-25(26)18-24(16-15-20-9-3-1-4-10-20)27(28)21-11-5-2-6-12-21/h1,3-4,7-11,13-14,17-19H,2,5-6,12H2. The Balaban J connectivity index is 1.77. The molecule has 29 heavy (non-hydrogen) atoms. The van der Waals surface area contributed by atoms with Crippen molar-refractivity contribution in [3.8, 4) is 11.8 Å². The van der Waals surface area contributed by atoms with Crippen LogP contribution in [0.3, 0.4) is 0 Å². The Kier molecular flexibility index (Phi) is 4.84. The fraction of sp³-hybridized carbons (Fsp3) is 0.143. The molecule has 0 N–H and O–H groups in total. The van der Waals surface area contributed by atoms with E-state index in [4.69, 9.17) is 11.6 Å². The van der Waals surface area contributed by atoms with Crippen molar-refractivity contribution >= 4 is 38.7 Å². The summed E-state index contributed by atoms with van der Waals surface area (Å²) < 4.78 is 0. The molecule has 0 saturated heterocycles. The molecule has 0 aliphatic heterocycles. The number of rotatable bonds is 1. The van der Waals surface area contributed by atoms with E-state index in [1.807, 2.05) is 30.3 Å². The smallest absolute Gasteiger partial charge is 0.0572 e. The summed E-state index contributed by atoms with van der Waals surface area (Å²) in [6.07, 6.45) is 7.00. The zero-order valence-corrected chi connectivity index (χ0v) is 17.0. The van der Waals surface area contributed by atoms with Crippen molar-refractivity contribution in [1.29, 1.82) is 0 Å². The van der Waals surface area contributed by atoms with Gasteiger partial charge in [-0.1, -0.05) is 72.0 Å². The summed E-state index contributed by atoms with van der Waals surface area (Å²) in [5.41, 5.74) is 4.51. The molecule has 1 aliphatic rings. The predicted molar refractivity (Wildman–Crippen MR) is 125 cm³/mol. The molecule has 0 aromatic heterocycles. The predicted octanol–water partition coefficient (Wildman–Crippen LogP) is 8.00. The first kappa shape index (κ1) is 18.0. The molecule has 1 heteroatoms. The number of fused-ring (bicyclic) bond motifs is 2. The van der Waals surface area contributed by atoms with E-state index in [1.165, 1.54) is 29.2 Å². The lowest BCUT2D eigenvalue weighted by Crippen LogP contribution is -1.97. The van der Waals surface area contributed by atoms with Crippen LogP contribution in [0.4, 0.5) is 0 Å². The van der Waals surface area contributed by atoms with Crippen molar-refractivity contribution < 1.29 is 0 Å². The normalized spacial score (nSPS) is 13.8. The molecule has 0 amide bonds. The van der Waals surface area contributed by atoms with E-state index in [1.54, 1.807) is 0 Å². The molecule has 1 aliphatic carbocycles. The van der Waals surface area contributed by atoms with Gasteiger partial charge in [-0.25, -0.2) is 0 Å². The first-order chi connectivity index (χ1) is 14.3. The van der Waals surface area contributed by atoms with Gasteiger partial charge in [-0.3, -0.25) is 0 Å². The monoisotopic (exact) mass is 392 g/mol. The third-order valence-corrected chi connectivity index (χ3v) is 6.06. The Morgan fingerprint density at radius 2 is 1.48 bits per heavy atom. The molecule has 0 heterocycles. The van der Waals surface area contributed by atoms with Gasteiger partial charge < -0.3 is 0 Å². The number of benzene rings is 4. The highest BCUT2D eigenvalue weighted by atomic mass is 35.5. The lowest BCUT2D eigenvalue weighted by molar-refractivity contribution is 0.742. The van der Waals surface area contributed by atoms with Gasteiger partial charge in [0.15, 0.2) is 0 Å². The van der Waals surface area contributed by atoms with E-state index in [9.17, 15) is 0 Å². The molecule has 140 valence electrons. The van der Waals surface area contributed by atoms with Crippen LogP contribution in [0.1, 0.15) is 42.4 Å². The van der Waals surface area contributed by atoms with Gasteiger partial charge in [-0.15, -0.1) is 0 Å². The summed E-state index contributed by atoms with van der Waals surface area (Å²) in [6.45, 7) is 0. The summed E-state index contributed by atoms with van der Waals surface area (Å²) in [6, 6.07) is 25.3. The molecule has 0 nitrogen and oxygen atoms in total. The Morgan fingerprint density at radius 1 is 0.724 bits per heavy atom. The number of halogens is 1. The van der Waals surface area contributed by atoms with Crippen molar-refractivity contribution in [2.45, 2.75) is 25.7 Å². The Hall–Kier alpha value is -3.01. The minimum absolute atomic E-state index is 0.832. The second-order valence-electron chi connectivity index (χ2n) is 7.62. The van der Waals surface area contributed by atoms with Gasteiger partial charge in [-0.2, -0.15) is 0 Å². The SMILES string of the molecule is Clc1c(C2=CCCCC2)c(C#Cc2ccccc2)cc2cc3ccccc3cc12. The fourth-order valence-electron chi connectivity index (χ4n) is 4.19. The lowest BCUT2D eigenvalue weighted by Gasteiger charge is -2.18. The minimum Gasteiger partial charge on any atom is -0.0829 e. The van der Waals surface area contributed by atoms with Crippen LogP contribution < -0.4 is 0 Å². The van der Waals surface area contributed by atoms with Crippen LogP contribution in [0.25, 0.3) is 27.1 Å². The lowest BCUT2D eigenvalue weighted by atomic mass is 9.88. The topological polar surface area (TPSA) is 0 Å². The third-order valence-electron chi connectivity index (χ3n) is 5.67. The highest BCUT2D eigenvalue weighted by Crippen LogP contribution is 2.39. The van der Waals surface area contributed by atoms with Crippen LogP contribution in [0.15, 0.2) is 78.9 Å². The maximum atomic E-state index is 7.05. The van der Waals surface area contributed by atoms with Crippen LogP contribution in [0, 0.1) is 11.8 Å². The van der Waals surface area contributed by atoms with Crippen LogP contribution >= 0.6 is 11.6 Å². The highest BCUT2D eigenvalue weighted by molar-refractivity contribution is 6.38. The molecule has 0 saturated carbocycles. The van der Waals surface area contributed by atoms with Gasteiger partial charge in [0.1, 0.15) is 0 Å². The summed E-state index contributed by atoms with van der Waals surface area (Å²) in [4.78, 5) is 0. The fourth-order valence-corrected chi connectivity index (χ4v) is 4.57. The van der Waals surface area contributed by atoms with Gasteiger partial charge in [-0.05, 0) is 77.7 Å². The average Bonchev–Trinajstić information content (AvgIpc) is 2.78. The highest BCUT2D eigenvalue weighted by Gasteiger charge is 2.17. The molecule has 0 fully saturated rings. The zero-order valence-electron chi connectivity index (χ0n) is 16.2. The molecule has 4 aromatic carbocycles. The first-order valence-corrected chi connectivity index (χ1v) is 10.6. The van der Waals surface area contributed by atoms with E-state index in [-0.39, 0.29) is 0 Å². The Labute approximate surface area is 176 Å². The van der Waals surface area contributed by atoms with Crippen LogP contribution in [0.5, 0.6) is 0 Å². The molecule has 0 bridgehead atoms. The van der Waals surface area contributed by atoms with E-state index in [0.717, 1.165) is 45.3 Å². The molecular weight excluding hydrogens is 372 g/mol. The first-order valence-electron chi connectivity index (χ1n) is 10.2. The van der Waals surface area contributed by atoms with Gasteiger partial charge >= 0.3 is 0 Å². The van der Waals surface area contributed by atoms with Crippen LogP contribution in [-0.2, 0) is 0 Å². The third kappa shape index (κ3) is 3.55. The average molecular weight is 393 g/mol. The van der Waals surface area contributed by atoms with Crippen molar-refractivity contribution in [2.75, 3.05) is 0 Å². The largest absolute Gasteiger partial charge is 0.0829 e. The minimum atomic E-state index is 0.832. The number of hydrogen-bond donors (Lipinski definition) is 0. The number of hydrogen-bond acceptors (Lipinski definition) is 0. The zero-order chi connectivity index (χ0) is 19.6. The van der Waals surface area contributed by atoms with Crippen LogP contribution in [-0.4, -0.2) is 0 Å². The van der Waals surface area contributed by atoms with Gasteiger partial charge in [0.25, 0.3) is 0 Å². The summed E-state index contributed by atoms with van der Waals surface area (Å²) in [7, 11) is 0. The van der Waals surface area contributed by atoms with Gasteiger partial charge in [0, 0.05) is 22.1 Å². The van der Waals surface area contributed by atoms with Crippen molar-refractivity contribution in [1.82, 2.24) is 0 Å². The molecule has 0 atom stereocenters. The van der Waals surface area contributed by atoms with Crippen molar-refractivity contribution in [2.24, 2.45) is 0 Å². The molecule has 0 unspecified atom stereocenters. The summed E-state index contributed by atoms with van der Waals surface area (Å²) in [5.74, 6) is 6.77. The van der Waals surface area contributed by atoms with Crippen LogP contribution in [0.2, 0.25) is 5.02 Å². The quantitative estimate of drug-likeness (QED) is 0.227. The second-order valence-corrected chi connectivity index (χ2v) is 8.00. The van der Waals surface area contributed by atoms with Crippen molar-refractivity contribution in [3.05, 3.63) is 101 Å². The molecule has 5 rings (SSSR count). The molecule has 4 aromatic rings. The Bertz CT molecular complexity index is 1300. The van der Waals surface area contributed by atoms with E-state index in [0.29, 0.717) is 0 Å². The van der Waals surface area contributed by atoms with Gasteiger partial charge in [0.2, 0.25) is 0 Å². The second kappa shape index (κ2) is 7.78. The molecular formula is C28H21Cl. The summed E-state index contributed by atoms with van der Waals surface area (Å²) >= 11 is 7.05. The van der Waals surface area contributed by atoms with E-state index >= 15 is 0 Å². The summed E-state index contributed by atoms with van der Waals surface area (Å²) in [5, 5.41) is 5.53. The van der Waals surface area contributed by atoms with E-state index < -0.39 is 0 Å². The maximum absolute atomic E-state index is 7.05. The van der Waals surface area contributed by atoms with Gasteiger partial charge in [0.05, 0.1) is 5.02 Å². The van der Waals surface area contributed by atoms with E-state index in [2.05, 4.69) is 60.4 Å². The molecule has 0 spiro atoms. The molecule has 0 radical (unpaired) electrons. The van der Waals surface area contributed by atoms with Crippen molar-refractivity contribution in [3.63, 3.8) is 0 Å². The number of allylic oxidation sites excluding steroid dienone is 2. The maximum Gasteiger partial charge on any atom is 0.0572 e.